The average molecular weight is 531 g/mol. The number of amides is 2. The third kappa shape index (κ3) is 6.28. The van der Waals surface area contributed by atoms with Gasteiger partial charge in [0.25, 0.3) is 5.91 Å². The van der Waals surface area contributed by atoms with Crippen molar-refractivity contribution >= 4 is 29.5 Å². The Labute approximate surface area is 226 Å². The zero-order chi connectivity index (χ0) is 27.1. The molecule has 1 aliphatic heterocycles. The molecular weight excluding hydrogens is 500 g/mol. The second-order valence-electron chi connectivity index (χ2n) is 8.90. The number of hydrogen-bond donors (Lipinski definition) is 0. The van der Waals surface area contributed by atoms with Crippen molar-refractivity contribution in [2.45, 2.75) is 24.8 Å². The molecule has 2 heterocycles. The van der Waals surface area contributed by atoms with Crippen LogP contribution in [-0.2, 0) is 9.53 Å². The lowest BCUT2D eigenvalue weighted by molar-refractivity contribution is -0.132. The number of piperazine rings is 1. The summed E-state index contributed by atoms with van der Waals surface area (Å²) < 4.78 is 5.25. The maximum absolute atomic E-state index is 13.8. The second-order valence-corrected chi connectivity index (χ2v) is 9.95. The van der Waals surface area contributed by atoms with Crippen LogP contribution in [0.25, 0.3) is 11.4 Å². The van der Waals surface area contributed by atoms with Gasteiger partial charge in [0.15, 0.2) is 5.82 Å². The number of rotatable bonds is 8. The van der Waals surface area contributed by atoms with Gasteiger partial charge in [0.2, 0.25) is 5.91 Å². The average Bonchev–Trinajstić information content (AvgIpc) is 2.94. The summed E-state index contributed by atoms with van der Waals surface area (Å²) in [7, 11) is 0. The summed E-state index contributed by atoms with van der Waals surface area (Å²) in [6, 6.07) is 18.9. The predicted molar refractivity (Wildman–Crippen MR) is 147 cm³/mol. The first kappa shape index (κ1) is 27.1. The van der Waals surface area contributed by atoms with Crippen LogP contribution in [0.2, 0.25) is 0 Å². The van der Waals surface area contributed by atoms with Gasteiger partial charge in [0.05, 0.1) is 11.4 Å². The molecular formula is C29H30N4O4S. The van der Waals surface area contributed by atoms with Crippen molar-refractivity contribution in [3.8, 4) is 11.4 Å². The lowest BCUT2D eigenvalue weighted by Gasteiger charge is -2.40. The molecule has 1 atom stereocenters. The topological polar surface area (TPSA) is 92.7 Å². The summed E-state index contributed by atoms with van der Waals surface area (Å²) in [6.07, 6.45) is 1.46. The fourth-order valence-electron chi connectivity index (χ4n) is 4.30. The fraction of sp³-hybridized carbons (Fsp3) is 0.276. The molecule has 1 saturated heterocycles. The van der Waals surface area contributed by atoms with E-state index in [1.54, 1.807) is 16.7 Å². The number of benzene rings is 2. The van der Waals surface area contributed by atoms with Crippen molar-refractivity contribution in [1.29, 1.82) is 0 Å². The Kier molecular flexibility index (Phi) is 8.91. The van der Waals surface area contributed by atoms with Gasteiger partial charge in [-0.05, 0) is 26.0 Å². The molecule has 0 radical (unpaired) electrons. The Bertz CT molecular complexity index is 1320. The highest BCUT2D eigenvalue weighted by atomic mass is 32.2. The van der Waals surface area contributed by atoms with E-state index >= 15 is 0 Å². The third-order valence-electron chi connectivity index (χ3n) is 6.20. The molecule has 196 valence electrons. The van der Waals surface area contributed by atoms with Crippen molar-refractivity contribution in [2.24, 2.45) is 0 Å². The van der Waals surface area contributed by atoms with Gasteiger partial charge in [-0.3, -0.25) is 9.59 Å². The quantitative estimate of drug-likeness (QED) is 0.244. The Morgan fingerprint density at radius 2 is 1.74 bits per heavy atom. The van der Waals surface area contributed by atoms with Crippen molar-refractivity contribution in [3.63, 3.8) is 0 Å². The van der Waals surface area contributed by atoms with E-state index in [2.05, 4.69) is 16.5 Å². The van der Waals surface area contributed by atoms with Gasteiger partial charge in [-0.15, -0.1) is 11.8 Å². The highest BCUT2D eigenvalue weighted by molar-refractivity contribution is 8.00. The summed E-state index contributed by atoms with van der Waals surface area (Å²) in [4.78, 5) is 53.1. The van der Waals surface area contributed by atoms with Gasteiger partial charge in [-0.2, -0.15) is 0 Å². The van der Waals surface area contributed by atoms with E-state index in [4.69, 9.17) is 4.74 Å². The molecule has 1 aromatic heterocycles. The first-order chi connectivity index (χ1) is 18.4. The number of hydrogen-bond acceptors (Lipinski definition) is 7. The Hall–Kier alpha value is -3.98. The number of thioether (sulfide) groups is 1. The lowest BCUT2D eigenvalue weighted by Crippen LogP contribution is -2.56. The number of aryl methyl sites for hydroxylation is 1. The van der Waals surface area contributed by atoms with E-state index in [1.807, 2.05) is 67.6 Å². The highest BCUT2D eigenvalue weighted by Gasteiger charge is 2.34. The summed E-state index contributed by atoms with van der Waals surface area (Å²) in [5.74, 6) is -0.364. The summed E-state index contributed by atoms with van der Waals surface area (Å²) >= 11 is 1.49. The summed E-state index contributed by atoms with van der Waals surface area (Å²) in [5.41, 5.74) is 1.13. The van der Waals surface area contributed by atoms with Crippen molar-refractivity contribution in [2.75, 3.05) is 32.0 Å². The maximum Gasteiger partial charge on any atom is 0.342 e. The normalized spacial score (nSPS) is 15.2. The molecule has 2 aromatic carbocycles. The van der Waals surface area contributed by atoms with E-state index < -0.39 is 11.9 Å². The fourth-order valence-corrected chi connectivity index (χ4v) is 5.11. The number of aromatic nitrogens is 2. The molecule has 4 rings (SSSR count). The molecule has 1 unspecified atom stereocenters. The molecule has 1 aliphatic rings. The Morgan fingerprint density at radius 3 is 2.39 bits per heavy atom. The molecule has 9 heteroatoms. The number of carbonyl (C=O) groups is 3. The Morgan fingerprint density at radius 1 is 1.05 bits per heavy atom. The van der Waals surface area contributed by atoms with E-state index in [1.165, 1.54) is 17.8 Å². The predicted octanol–water partition coefficient (Wildman–Crippen LogP) is 4.26. The Balaban J connectivity index is 1.54. The molecule has 0 saturated carbocycles. The minimum absolute atomic E-state index is 0.00275. The van der Waals surface area contributed by atoms with Gasteiger partial charge >= 0.3 is 5.97 Å². The molecule has 0 N–H and O–H groups in total. The van der Waals surface area contributed by atoms with Gasteiger partial charge < -0.3 is 14.5 Å². The van der Waals surface area contributed by atoms with Crippen LogP contribution >= 0.6 is 11.8 Å². The van der Waals surface area contributed by atoms with Crippen LogP contribution in [-0.4, -0.2) is 75.6 Å². The SMILES string of the molecule is C=CCOC(=O)c1c(C)nc(-c2ccccc2)nc1C(=O)N1CCN(C(=O)CSc2ccccc2)C(C)C1. The smallest absolute Gasteiger partial charge is 0.342 e. The molecule has 3 aromatic rings. The van der Waals surface area contributed by atoms with Crippen LogP contribution in [0.3, 0.4) is 0 Å². The number of nitrogens with zero attached hydrogens (tertiary/aromatic N) is 4. The standard InChI is InChI=1S/C29H30N4O4S/c1-4-17-37-29(36)25-21(3)30-27(22-11-7-5-8-12-22)31-26(25)28(35)32-15-16-33(20(2)18-32)24(34)19-38-23-13-9-6-10-14-23/h4-14,20H,1,15-19H2,2-3H3. The van der Waals surface area contributed by atoms with Crippen LogP contribution < -0.4 is 0 Å². The van der Waals surface area contributed by atoms with E-state index in [9.17, 15) is 14.4 Å². The summed E-state index contributed by atoms with van der Waals surface area (Å²) in [6.45, 7) is 8.22. The van der Waals surface area contributed by atoms with Crippen LogP contribution in [0, 0.1) is 6.92 Å². The number of esters is 1. The second kappa shape index (κ2) is 12.5. The van der Waals surface area contributed by atoms with Crippen LogP contribution in [0.5, 0.6) is 0 Å². The van der Waals surface area contributed by atoms with Crippen LogP contribution in [0.4, 0.5) is 0 Å². The lowest BCUT2D eigenvalue weighted by atomic mass is 10.1. The zero-order valence-corrected chi connectivity index (χ0v) is 22.3. The molecule has 1 fully saturated rings. The zero-order valence-electron chi connectivity index (χ0n) is 21.5. The van der Waals surface area contributed by atoms with Crippen molar-refractivity contribution < 1.29 is 19.1 Å². The molecule has 38 heavy (non-hydrogen) atoms. The molecule has 2 amide bonds. The van der Waals surface area contributed by atoms with Crippen molar-refractivity contribution in [3.05, 3.63) is 90.3 Å². The first-order valence-corrected chi connectivity index (χ1v) is 13.4. The third-order valence-corrected chi connectivity index (χ3v) is 7.20. The summed E-state index contributed by atoms with van der Waals surface area (Å²) in [5, 5.41) is 0. The van der Waals surface area contributed by atoms with Gasteiger partial charge in [0.1, 0.15) is 17.9 Å². The first-order valence-electron chi connectivity index (χ1n) is 12.4. The minimum atomic E-state index is -0.676. The molecule has 0 spiro atoms. The molecule has 0 bridgehead atoms. The van der Waals surface area contributed by atoms with E-state index in [-0.39, 0.29) is 29.8 Å². The van der Waals surface area contributed by atoms with E-state index in [0.717, 1.165) is 10.5 Å². The minimum Gasteiger partial charge on any atom is -0.458 e. The molecule has 8 nitrogen and oxygen atoms in total. The largest absolute Gasteiger partial charge is 0.458 e. The number of ether oxygens (including phenoxy) is 1. The van der Waals surface area contributed by atoms with Crippen molar-refractivity contribution in [1.82, 2.24) is 19.8 Å². The van der Waals surface area contributed by atoms with Gasteiger partial charge in [-0.1, -0.05) is 61.2 Å². The van der Waals surface area contributed by atoms with Gasteiger partial charge in [0, 0.05) is 36.1 Å². The number of carbonyl (C=O) groups excluding carboxylic acids is 3. The van der Waals surface area contributed by atoms with Crippen LogP contribution in [0.1, 0.15) is 33.5 Å². The van der Waals surface area contributed by atoms with E-state index in [0.29, 0.717) is 36.9 Å². The molecule has 0 aliphatic carbocycles. The monoisotopic (exact) mass is 530 g/mol. The highest BCUT2D eigenvalue weighted by Crippen LogP contribution is 2.23. The maximum atomic E-state index is 13.8. The van der Waals surface area contributed by atoms with Gasteiger partial charge in [-0.25, -0.2) is 14.8 Å². The van der Waals surface area contributed by atoms with Crippen LogP contribution in [0.15, 0.2) is 78.2 Å².